The summed E-state index contributed by atoms with van der Waals surface area (Å²) in [7, 11) is 0. The zero-order chi connectivity index (χ0) is 19.1. The van der Waals surface area contributed by atoms with Crippen LogP contribution in [0.25, 0.3) is 0 Å². The molecule has 3 N–H and O–H groups in total. The number of carbonyl (C=O) groups excluding carboxylic acids is 1. The summed E-state index contributed by atoms with van der Waals surface area (Å²) >= 11 is 1.72. The van der Waals surface area contributed by atoms with Gasteiger partial charge in [-0.3, -0.25) is 4.79 Å². The van der Waals surface area contributed by atoms with E-state index in [0.29, 0.717) is 12.6 Å². The van der Waals surface area contributed by atoms with Crippen LogP contribution in [0, 0.1) is 5.92 Å². The van der Waals surface area contributed by atoms with Crippen molar-refractivity contribution in [3.8, 4) is 0 Å². The van der Waals surface area contributed by atoms with E-state index in [1.54, 1.807) is 11.9 Å². The van der Waals surface area contributed by atoms with E-state index in [1.807, 2.05) is 13.8 Å². The SMILES string of the molecule is CC.CCC(C)C.NC(=O)CN(SC1=CC=CCC1)C1CCNCC1. The molecule has 25 heavy (non-hydrogen) atoms. The molecular weight excluding hydrogens is 330 g/mol. The molecule has 0 radical (unpaired) electrons. The molecule has 0 spiro atoms. The van der Waals surface area contributed by atoms with Crippen molar-refractivity contribution in [2.45, 2.75) is 72.8 Å². The Morgan fingerprint density at radius 2 is 1.96 bits per heavy atom. The van der Waals surface area contributed by atoms with Crippen LogP contribution in [0.3, 0.4) is 0 Å². The second-order valence-corrected chi connectivity index (χ2v) is 7.69. The average Bonchev–Trinajstić information content (AvgIpc) is 2.64. The third-order valence-corrected chi connectivity index (χ3v) is 5.29. The lowest BCUT2D eigenvalue weighted by molar-refractivity contribution is -0.118. The lowest BCUT2D eigenvalue weighted by atomic mass is 10.1. The minimum Gasteiger partial charge on any atom is -0.369 e. The summed E-state index contributed by atoms with van der Waals surface area (Å²) in [6.45, 7) is 13.0. The summed E-state index contributed by atoms with van der Waals surface area (Å²) in [4.78, 5) is 12.5. The third kappa shape index (κ3) is 12.2. The van der Waals surface area contributed by atoms with Crippen molar-refractivity contribution in [1.82, 2.24) is 9.62 Å². The fraction of sp³-hybridized carbons (Fsp3) is 0.750. The van der Waals surface area contributed by atoms with Gasteiger partial charge in [0, 0.05) is 10.9 Å². The van der Waals surface area contributed by atoms with Gasteiger partial charge < -0.3 is 11.1 Å². The van der Waals surface area contributed by atoms with Gasteiger partial charge in [-0.15, -0.1) is 0 Å². The number of primary amides is 1. The van der Waals surface area contributed by atoms with E-state index in [4.69, 9.17) is 5.73 Å². The molecule has 1 aliphatic heterocycles. The fourth-order valence-electron chi connectivity index (χ4n) is 2.29. The Morgan fingerprint density at radius 3 is 2.40 bits per heavy atom. The van der Waals surface area contributed by atoms with Gasteiger partial charge in [-0.2, -0.15) is 0 Å². The highest BCUT2D eigenvalue weighted by Crippen LogP contribution is 2.31. The number of nitrogens with one attached hydrogen (secondary N) is 1. The lowest BCUT2D eigenvalue weighted by Gasteiger charge is -2.33. The molecule has 0 atom stereocenters. The molecule has 0 aromatic rings. The Kier molecular flexibility index (Phi) is 15.0. The first kappa shape index (κ1) is 24.2. The zero-order valence-corrected chi connectivity index (χ0v) is 17.7. The first-order valence-corrected chi connectivity index (χ1v) is 10.6. The quantitative estimate of drug-likeness (QED) is 0.677. The van der Waals surface area contributed by atoms with Crippen LogP contribution in [0.2, 0.25) is 0 Å². The van der Waals surface area contributed by atoms with Crippen molar-refractivity contribution in [3.05, 3.63) is 23.1 Å². The number of carbonyl (C=O) groups is 1. The van der Waals surface area contributed by atoms with Crippen molar-refractivity contribution in [2.75, 3.05) is 19.6 Å². The molecule has 1 heterocycles. The monoisotopic (exact) mass is 369 g/mol. The van der Waals surface area contributed by atoms with Crippen molar-refractivity contribution < 1.29 is 4.79 Å². The van der Waals surface area contributed by atoms with Crippen molar-refractivity contribution in [2.24, 2.45) is 11.7 Å². The molecule has 0 bridgehead atoms. The standard InChI is InChI=1S/C13H21N3OS.C5H12.C2H6/c14-13(17)10-16(11-6-8-15-9-7-11)18-12-4-2-1-3-5-12;1-4-5(2)3;1-2/h1-2,4,11,15H,3,5-10H2,(H2,14,17);5H,4H2,1-3H3;1-2H3. The van der Waals surface area contributed by atoms with Crippen LogP contribution in [-0.2, 0) is 4.79 Å². The average molecular weight is 370 g/mol. The molecule has 0 unspecified atom stereocenters. The highest BCUT2D eigenvalue weighted by atomic mass is 32.2. The first-order valence-electron chi connectivity index (χ1n) is 9.82. The maximum atomic E-state index is 11.2. The first-order chi connectivity index (χ1) is 12.0. The van der Waals surface area contributed by atoms with E-state index in [2.05, 4.69) is 48.6 Å². The Balaban J connectivity index is 0.000000710. The minimum atomic E-state index is -0.243. The predicted molar refractivity (Wildman–Crippen MR) is 112 cm³/mol. The van der Waals surface area contributed by atoms with Crippen LogP contribution >= 0.6 is 11.9 Å². The second-order valence-electron chi connectivity index (χ2n) is 6.52. The minimum absolute atomic E-state index is 0.243. The maximum Gasteiger partial charge on any atom is 0.232 e. The van der Waals surface area contributed by atoms with Crippen LogP contribution < -0.4 is 11.1 Å². The molecule has 0 aromatic carbocycles. The van der Waals surface area contributed by atoms with Crippen molar-refractivity contribution in [1.29, 1.82) is 0 Å². The summed E-state index contributed by atoms with van der Waals surface area (Å²) in [5.41, 5.74) is 5.36. The molecular formula is C20H39N3OS. The number of hydrogen-bond donors (Lipinski definition) is 2. The van der Waals surface area contributed by atoms with Crippen molar-refractivity contribution >= 4 is 17.9 Å². The summed E-state index contributed by atoms with van der Waals surface area (Å²) in [6.07, 6.45) is 12.1. The van der Waals surface area contributed by atoms with E-state index >= 15 is 0 Å². The number of rotatable bonds is 6. The Hall–Kier alpha value is -0.780. The molecule has 0 aromatic heterocycles. The van der Waals surface area contributed by atoms with Crippen LogP contribution in [-0.4, -0.2) is 35.9 Å². The fourth-order valence-corrected chi connectivity index (χ4v) is 3.49. The summed E-state index contributed by atoms with van der Waals surface area (Å²) < 4.78 is 2.17. The normalized spacial score (nSPS) is 17.3. The Morgan fingerprint density at radius 1 is 1.36 bits per heavy atom. The second kappa shape index (κ2) is 15.5. The van der Waals surface area contributed by atoms with Gasteiger partial charge in [-0.25, -0.2) is 4.31 Å². The smallest absolute Gasteiger partial charge is 0.232 e. The van der Waals surface area contributed by atoms with Gasteiger partial charge in [0.05, 0.1) is 6.54 Å². The van der Waals surface area contributed by atoms with Gasteiger partial charge in [0.15, 0.2) is 0 Å². The van der Waals surface area contributed by atoms with Gasteiger partial charge in [-0.05, 0) is 56.6 Å². The van der Waals surface area contributed by atoms with Gasteiger partial charge >= 0.3 is 0 Å². The van der Waals surface area contributed by atoms with Gasteiger partial charge in [0.1, 0.15) is 0 Å². The summed E-state index contributed by atoms with van der Waals surface area (Å²) in [5, 5.41) is 3.35. The maximum absolute atomic E-state index is 11.2. The van der Waals surface area contributed by atoms with Crippen LogP contribution in [0.5, 0.6) is 0 Å². The highest BCUT2D eigenvalue weighted by Gasteiger charge is 2.23. The number of piperidine rings is 1. The van der Waals surface area contributed by atoms with E-state index in [0.717, 1.165) is 44.7 Å². The third-order valence-electron chi connectivity index (χ3n) is 4.05. The highest BCUT2D eigenvalue weighted by molar-refractivity contribution is 8.00. The summed E-state index contributed by atoms with van der Waals surface area (Å²) in [6, 6.07) is 0.454. The molecule has 2 aliphatic rings. The largest absolute Gasteiger partial charge is 0.369 e. The van der Waals surface area contributed by atoms with E-state index in [9.17, 15) is 4.79 Å². The van der Waals surface area contributed by atoms with Gasteiger partial charge in [0.25, 0.3) is 0 Å². The lowest BCUT2D eigenvalue weighted by Crippen LogP contribution is -2.43. The molecule has 0 saturated carbocycles. The number of amides is 1. The molecule has 146 valence electrons. The molecule has 1 fully saturated rings. The Bertz CT molecular complexity index is 402. The Labute approximate surface area is 159 Å². The number of nitrogens with two attached hydrogens (primary N) is 1. The summed E-state index contributed by atoms with van der Waals surface area (Å²) in [5.74, 6) is 0.642. The number of hydrogen-bond acceptors (Lipinski definition) is 4. The molecule has 1 amide bonds. The number of allylic oxidation sites excluding steroid dienone is 4. The number of nitrogens with zero attached hydrogens (tertiary/aromatic N) is 1. The molecule has 1 aliphatic carbocycles. The van der Waals surface area contributed by atoms with Crippen LogP contribution in [0.15, 0.2) is 23.1 Å². The zero-order valence-electron chi connectivity index (χ0n) is 16.9. The predicted octanol–water partition coefficient (Wildman–Crippen LogP) is 4.49. The molecule has 5 heteroatoms. The molecule has 1 saturated heterocycles. The van der Waals surface area contributed by atoms with Crippen molar-refractivity contribution in [3.63, 3.8) is 0 Å². The van der Waals surface area contributed by atoms with Crippen LogP contribution in [0.4, 0.5) is 0 Å². The van der Waals surface area contributed by atoms with Gasteiger partial charge in [0.2, 0.25) is 5.91 Å². The molecule has 4 nitrogen and oxygen atoms in total. The van der Waals surface area contributed by atoms with E-state index in [1.165, 1.54) is 11.3 Å². The van der Waals surface area contributed by atoms with Crippen LogP contribution in [0.1, 0.15) is 66.7 Å². The topological polar surface area (TPSA) is 58.4 Å². The van der Waals surface area contributed by atoms with E-state index in [-0.39, 0.29) is 5.91 Å². The van der Waals surface area contributed by atoms with Gasteiger partial charge in [-0.1, -0.05) is 59.3 Å². The van der Waals surface area contributed by atoms with E-state index < -0.39 is 0 Å². The molecule has 2 rings (SSSR count).